The highest BCUT2D eigenvalue weighted by Gasteiger charge is 2.32. The van der Waals surface area contributed by atoms with Crippen LogP contribution < -0.4 is 10.6 Å². The highest BCUT2D eigenvalue weighted by Crippen LogP contribution is 2.28. The van der Waals surface area contributed by atoms with E-state index in [0.29, 0.717) is 13.2 Å². The van der Waals surface area contributed by atoms with E-state index in [0.717, 1.165) is 41.5 Å². The third-order valence-electron chi connectivity index (χ3n) is 4.17. The van der Waals surface area contributed by atoms with Gasteiger partial charge in [-0.1, -0.05) is 15.9 Å². The number of nitrogens with one attached hydrogen (secondary N) is 2. The van der Waals surface area contributed by atoms with Crippen molar-refractivity contribution in [3.05, 3.63) is 33.8 Å². The first-order valence-corrected chi connectivity index (χ1v) is 8.10. The van der Waals surface area contributed by atoms with E-state index in [2.05, 4.69) is 26.6 Å². The standard InChI is InChI=1S/C16H23BrN2O2.ClH/c1-12-9-13(17)3-4-14(12)15(20)19-10-16(11-21-2)5-7-18-8-6-16;/h3-4,9,18H,5-8,10-11H2,1-2H3,(H,19,20);1H. The van der Waals surface area contributed by atoms with Crippen LogP contribution in [0, 0.1) is 12.3 Å². The zero-order valence-electron chi connectivity index (χ0n) is 13.1. The lowest BCUT2D eigenvalue weighted by molar-refractivity contribution is 0.0511. The van der Waals surface area contributed by atoms with E-state index in [1.807, 2.05) is 25.1 Å². The smallest absolute Gasteiger partial charge is 0.251 e. The zero-order chi connectivity index (χ0) is 15.3. The molecule has 1 saturated heterocycles. The number of hydrogen-bond acceptors (Lipinski definition) is 3. The van der Waals surface area contributed by atoms with Gasteiger partial charge in [-0.3, -0.25) is 4.79 Å². The average molecular weight is 392 g/mol. The molecule has 6 heteroatoms. The number of benzene rings is 1. The van der Waals surface area contributed by atoms with Crippen LogP contribution in [0.3, 0.4) is 0 Å². The maximum atomic E-state index is 12.4. The third-order valence-corrected chi connectivity index (χ3v) is 4.67. The molecule has 4 nitrogen and oxygen atoms in total. The SMILES string of the molecule is COCC1(CNC(=O)c2ccc(Br)cc2C)CCNCC1.Cl. The van der Waals surface area contributed by atoms with Gasteiger partial charge < -0.3 is 15.4 Å². The first-order valence-electron chi connectivity index (χ1n) is 7.30. The molecule has 1 aromatic rings. The van der Waals surface area contributed by atoms with Crippen molar-refractivity contribution in [1.82, 2.24) is 10.6 Å². The van der Waals surface area contributed by atoms with Gasteiger partial charge in [0, 0.05) is 29.1 Å². The van der Waals surface area contributed by atoms with E-state index in [4.69, 9.17) is 4.74 Å². The van der Waals surface area contributed by atoms with Crippen LogP contribution in [0.2, 0.25) is 0 Å². The molecule has 1 aliphatic heterocycles. The van der Waals surface area contributed by atoms with E-state index >= 15 is 0 Å². The van der Waals surface area contributed by atoms with Gasteiger partial charge in [-0.05, 0) is 56.6 Å². The lowest BCUT2D eigenvalue weighted by atomic mass is 9.79. The van der Waals surface area contributed by atoms with Gasteiger partial charge in [-0.15, -0.1) is 12.4 Å². The van der Waals surface area contributed by atoms with Gasteiger partial charge in [-0.2, -0.15) is 0 Å². The van der Waals surface area contributed by atoms with Crippen molar-refractivity contribution >= 4 is 34.2 Å². The Morgan fingerprint density at radius 3 is 2.68 bits per heavy atom. The van der Waals surface area contributed by atoms with Gasteiger partial charge in [0.2, 0.25) is 0 Å². The van der Waals surface area contributed by atoms with E-state index in [-0.39, 0.29) is 23.7 Å². The molecule has 0 atom stereocenters. The molecule has 0 saturated carbocycles. The van der Waals surface area contributed by atoms with E-state index in [1.165, 1.54) is 0 Å². The minimum atomic E-state index is -0.00555. The molecule has 1 aromatic carbocycles. The molecule has 0 unspecified atom stereocenters. The summed E-state index contributed by atoms with van der Waals surface area (Å²) in [6.45, 7) is 5.27. The number of carbonyl (C=O) groups is 1. The summed E-state index contributed by atoms with van der Waals surface area (Å²) in [5, 5.41) is 6.45. The average Bonchev–Trinajstić information content (AvgIpc) is 2.46. The van der Waals surface area contributed by atoms with E-state index in [1.54, 1.807) is 7.11 Å². The molecular formula is C16H24BrClN2O2. The molecule has 0 radical (unpaired) electrons. The van der Waals surface area contributed by atoms with Crippen molar-refractivity contribution < 1.29 is 9.53 Å². The summed E-state index contributed by atoms with van der Waals surface area (Å²) in [5.74, 6) is -0.00555. The Kier molecular flexibility index (Phi) is 7.83. The summed E-state index contributed by atoms with van der Waals surface area (Å²) >= 11 is 3.42. The molecule has 124 valence electrons. The molecule has 1 amide bonds. The summed E-state index contributed by atoms with van der Waals surface area (Å²) in [7, 11) is 1.73. The predicted octanol–water partition coefficient (Wildman–Crippen LogP) is 2.93. The van der Waals surface area contributed by atoms with Crippen molar-refractivity contribution in [1.29, 1.82) is 0 Å². The first-order chi connectivity index (χ1) is 10.1. The van der Waals surface area contributed by atoms with Crippen molar-refractivity contribution in [2.75, 3.05) is 33.4 Å². The number of piperidine rings is 1. The predicted molar refractivity (Wildman–Crippen MR) is 94.9 cm³/mol. The van der Waals surface area contributed by atoms with Crippen molar-refractivity contribution in [2.45, 2.75) is 19.8 Å². The summed E-state index contributed by atoms with van der Waals surface area (Å²) < 4.78 is 6.37. The Morgan fingerprint density at radius 2 is 2.09 bits per heavy atom. The van der Waals surface area contributed by atoms with Crippen LogP contribution >= 0.6 is 28.3 Å². The van der Waals surface area contributed by atoms with Crippen LogP contribution in [0.15, 0.2) is 22.7 Å². The Morgan fingerprint density at radius 1 is 1.41 bits per heavy atom. The maximum absolute atomic E-state index is 12.4. The molecule has 1 heterocycles. The Balaban J connectivity index is 0.00000242. The largest absolute Gasteiger partial charge is 0.384 e. The quantitative estimate of drug-likeness (QED) is 0.811. The van der Waals surface area contributed by atoms with Crippen LogP contribution in [0.5, 0.6) is 0 Å². The van der Waals surface area contributed by atoms with Gasteiger partial charge in [0.15, 0.2) is 0 Å². The Bertz CT molecular complexity index is 499. The summed E-state index contributed by atoms with van der Waals surface area (Å²) in [6, 6.07) is 5.72. The molecule has 1 fully saturated rings. The number of methoxy groups -OCH3 is 1. The normalized spacial score (nSPS) is 16.7. The molecule has 1 aliphatic rings. The molecule has 0 spiro atoms. The monoisotopic (exact) mass is 390 g/mol. The number of hydrogen-bond donors (Lipinski definition) is 2. The van der Waals surface area contributed by atoms with Gasteiger partial charge in [-0.25, -0.2) is 0 Å². The summed E-state index contributed by atoms with van der Waals surface area (Å²) in [5.41, 5.74) is 1.77. The fourth-order valence-corrected chi connectivity index (χ4v) is 3.36. The fourth-order valence-electron chi connectivity index (χ4n) is 2.88. The highest BCUT2D eigenvalue weighted by molar-refractivity contribution is 9.10. The lowest BCUT2D eigenvalue weighted by Crippen LogP contribution is -2.47. The fraction of sp³-hybridized carbons (Fsp3) is 0.562. The lowest BCUT2D eigenvalue weighted by Gasteiger charge is -2.37. The second-order valence-corrected chi connectivity index (χ2v) is 6.74. The van der Waals surface area contributed by atoms with Crippen LogP contribution in [0.4, 0.5) is 0 Å². The van der Waals surface area contributed by atoms with Crippen LogP contribution in [-0.4, -0.2) is 39.3 Å². The van der Waals surface area contributed by atoms with Crippen LogP contribution in [0.25, 0.3) is 0 Å². The number of halogens is 2. The van der Waals surface area contributed by atoms with Crippen molar-refractivity contribution in [2.24, 2.45) is 5.41 Å². The van der Waals surface area contributed by atoms with Crippen molar-refractivity contribution in [3.8, 4) is 0 Å². The topological polar surface area (TPSA) is 50.4 Å². The zero-order valence-corrected chi connectivity index (χ0v) is 15.5. The molecule has 22 heavy (non-hydrogen) atoms. The van der Waals surface area contributed by atoms with Gasteiger partial charge >= 0.3 is 0 Å². The number of ether oxygens (including phenoxy) is 1. The first kappa shape index (κ1) is 19.4. The second-order valence-electron chi connectivity index (χ2n) is 5.82. The van der Waals surface area contributed by atoms with Crippen molar-refractivity contribution in [3.63, 3.8) is 0 Å². The number of rotatable bonds is 5. The maximum Gasteiger partial charge on any atom is 0.251 e. The van der Waals surface area contributed by atoms with Gasteiger partial charge in [0.05, 0.1) is 6.61 Å². The highest BCUT2D eigenvalue weighted by atomic mass is 79.9. The van der Waals surface area contributed by atoms with Gasteiger partial charge in [0.25, 0.3) is 5.91 Å². The molecular weight excluding hydrogens is 368 g/mol. The summed E-state index contributed by atoms with van der Waals surface area (Å²) in [6.07, 6.45) is 2.06. The number of aryl methyl sites for hydroxylation is 1. The van der Waals surface area contributed by atoms with E-state index < -0.39 is 0 Å². The third kappa shape index (κ3) is 4.95. The molecule has 0 aliphatic carbocycles. The molecule has 2 rings (SSSR count). The second kappa shape index (κ2) is 8.87. The van der Waals surface area contributed by atoms with Crippen LogP contribution in [0.1, 0.15) is 28.8 Å². The minimum Gasteiger partial charge on any atom is -0.384 e. The summed E-state index contributed by atoms with van der Waals surface area (Å²) in [4.78, 5) is 12.4. The number of amides is 1. The molecule has 0 bridgehead atoms. The Hall–Kier alpha value is -0.620. The molecule has 2 N–H and O–H groups in total. The molecule has 0 aromatic heterocycles. The van der Waals surface area contributed by atoms with E-state index in [9.17, 15) is 4.79 Å². The Labute approximate surface area is 146 Å². The van der Waals surface area contributed by atoms with Crippen LogP contribution in [-0.2, 0) is 4.74 Å². The minimum absolute atomic E-state index is 0. The number of carbonyl (C=O) groups excluding carboxylic acids is 1. The van der Waals surface area contributed by atoms with Gasteiger partial charge in [0.1, 0.15) is 0 Å².